The average Bonchev–Trinajstić information content (AvgIpc) is 1.94. The van der Waals surface area contributed by atoms with Gasteiger partial charge in [-0.3, -0.25) is 4.79 Å². The molecule has 1 heterocycles. The second-order valence-corrected chi connectivity index (χ2v) is 2.91. The molecule has 0 fully saturated rings. The van der Waals surface area contributed by atoms with Crippen molar-refractivity contribution < 1.29 is 13.2 Å². The standard InChI is InChI=1S/C7H5ClF3NO/c1-3-2-4(8)5(7(9,10)11)12-6(3)13/h2H,1H3,(H,12,13). The van der Waals surface area contributed by atoms with Gasteiger partial charge in [-0.1, -0.05) is 11.6 Å². The number of H-pyrrole nitrogens is 1. The number of alkyl halides is 3. The number of halogens is 4. The van der Waals surface area contributed by atoms with Crippen molar-refractivity contribution >= 4 is 11.6 Å². The highest BCUT2D eigenvalue weighted by Gasteiger charge is 2.34. The first-order valence-corrected chi connectivity index (χ1v) is 3.67. The number of hydrogen-bond acceptors (Lipinski definition) is 1. The topological polar surface area (TPSA) is 32.9 Å². The van der Waals surface area contributed by atoms with Crippen molar-refractivity contribution in [2.45, 2.75) is 13.1 Å². The predicted octanol–water partition coefficient (Wildman–Crippen LogP) is 2.36. The van der Waals surface area contributed by atoms with Crippen LogP contribution in [0.1, 0.15) is 11.3 Å². The van der Waals surface area contributed by atoms with Gasteiger partial charge in [0.25, 0.3) is 5.56 Å². The maximum atomic E-state index is 12.1. The summed E-state index contributed by atoms with van der Waals surface area (Å²) in [7, 11) is 0. The molecule has 13 heavy (non-hydrogen) atoms. The third-order valence-electron chi connectivity index (χ3n) is 1.46. The summed E-state index contributed by atoms with van der Waals surface area (Å²) in [6.07, 6.45) is -4.62. The minimum atomic E-state index is -4.62. The highest BCUT2D eigenvalue weighted by atomic mass is 35.5. The summed E-state index contributed by atoms with van der Waals surface area (Å²) in [6, 6.07) is 0.989. The molecule has 0 saturated heterocycles. The van der Waals surface area contributed by atoms with Crippen LogP contribution in [0.3, 0.4) is 0 Å². The molecule has 2 nitrogen and oxygen atoms in total. The molecule has 0 spiro atoms. The fraction of sp³-hybridized carbons (Fsp3) is 0.286. The summed E-state index contributed by atoms with van der Waals surface area (Å²) in [5.74, 6) is 0. The predicted molar refractivity (Wildman–Crippen MR) is 41.8 cm³/mol. The molecular formula is C7H5ClF3NO. The molecule has 0 aromatic carbocycles. The van der Waals surface area contributed by atoms with Gasteiger partial charge in [-0.25, -0.2) is 0 Å². The number of pyridine rings is 1. The molecular weight excluding hydrogens is 207 g/mol. The van der Waals surface area contributed by atoms with Gasteiger partial charge in [0.05, 0.1) is 5.02 Å². The largest absolute Gasteiger partial charge is 0.432 e. The molecule has 0 radical (unpaired) electrons. The van der Waals surface area contributed by atoms with Crippen LogP contribution in [-0.2, 0) is 6.18 Å². The number of rotatable bonds is 0. The summed E-state index contributed by atoms with van der Waals surface area (Å²) < 4.78 is 36.3. The molecule has 0 bridgehead atoms. The lowest BCUT2D eigenvalue weighted by Crippen LogP contribution is -2.18. The highest BCUT2D eigenvalue weighted by Crippen LogP contribution is 2.31. The van der Waals surface area contributed by atoms with E-state index in [4.69, 9.17) is 11.6 Å². The number of nitrogens with one attached hydrogen (secondary N) is 1. The second kappa shape index (κ2) is 3.06. The van der Waals surface area contributed by atoms with Crippen LogP contribution in [0.25, 0.3) is 0 Å². The smallest absolute Gasteiger partial charge is 0.317 e. The molecule has 6 heteroatoms. The average molecular weight is 212 g/mol. The SMILES string of the molecule is Cc1cc(Cl)c(C(F)(F)F)[nH]c1=O. The van der Waals surface area contributed by atoms with Gasteiger partial charge in [0.2, 0.25) is 0 Å². The van der Waals surface area contributed by atoms with Crippen molar-refractivity contribution in [3.05, 3.63) is 32.7 Å². The van der Waals surface area contributed by atoms with Crippen LogP contribution in [0.4, 0.5) is 13.2 Å². The molecule has 1 aromatic heterocycles. The Kier molecular flexibility index (Phi) is 2.38. The fourth-order valence-corrected chi connectivity index (χ4v) is 1.12. The highest BCUT2D eigenvalue weighted by molar-refractivity contribution is 6.31. The van der Waals surface area contributed by atoms with E-state index in [-0.39, 0.29) is 5.56 Å². The van der Waals surface area contributed by atoms with Crippen LogP contribution in [0.15, 0.2) is 10.9 Å². The molecule has 0 unspecified atom stereocenters. The summed E-state index contributed by atoms with van der Waals surface area (Å²) in [4.78, 5) is 12.5. The molecule has 0 amide bonds. The van der Waals surface area contributed by atoms with Crippen LogP contribution in [-0.4, -0.2) is 4.98 Å². The van der Waals surface area contributed by atoms with E-state index in [0.717, 1.165) is 6.07 Å². The number of aromatic amines is 1. The fourth-order valence-electron chi connectivity index (χ4n) is 0.806. The Hall–Kier alpha value is -0.970. The van der Waals surface area contributed by atoms with Gasteiger partial charge >= 0.3 is 6.18 Å². The van der Waals surface area contributed by atoms with Crippen molar-refractivity contribution in [1.29, 1.82) is 0 Å². The van der Waals surface area contributed by atoms with Crippen molar-refractivity contribution in [2.75, 3.05) is 0 Å². The molecule has 0 aliphatic heterocycles. The van der Waals surface area contributed by atoms with E-state index in [1.54, 1.807) is 4.98 Å². The lowest BCUT2D eigenvalue weighted by molar-refractivity contribution is -0.141. The zero-order valence-corrected chi connectivity index (χ0v) is 7.25. The van der Waals surface area contributed by atoms with Gasteiger partial charge in [0.1, 0.15) is 5.69 Å². The summed E-state index contributed by atoms with van der Waals surface area (Å²) in [6.45, 7) is 1.38. The van der Waals surface area contributed by atoms with E-state index in [1.165, 1.54) is 6.92 Å². The molecule has 1 rings (SSSR count). The van der Waals surface area contributed by atoms with E-state index in [0.29, 0.717) is 0 Å². The Morgan fingerprint density at radius 3 is 2.46 bits per heavy atom. The first kappa shape index (κ1) is 10.1. The first-order chi connectivity index (χ1) is 5.82. The summed E-state index contributed by atoms with van der Waals surface area (Å²) >= 11 is 5.30. The van der Waals surface area contributed by atoms with Gasteiger partial charge in [0.15, 0.2) is 0 Å². The van der Waals surface area contributed by atoms with Gasteiger partial charge in [0, 0.05) is 5.56 Å². The van der Waals surface area contributed by atoms with Crippen molar-refractivity contribution in [3.8, 4) is 0 Å². The van der Waals surface area contributed by atoms with Crippen LogP contribution in [0, 0.1) is 6.92 Å². The van der Waals surface area contributed by atoms with E-state index in [9.17, 15) is 18.0 Å². The second-order valence-electron chi connectivity index (χ2n) is 2.50. The lowest BCUT2D eigenvalue weighted by atomic mass is 10.2. The first-order valence-electron chi connectivity index (χ1n) is 3.29. The Balaban J connectivity index is 3.41. The van der Waals surface area contributed by atoms with Gasteiger partial charge < -0.3 is 4.98 Å². The third-order valence-corrected chi connectivity index (χ3v) is 1.76. The molecule has 0 aliphatic carbocycles. The van der Waals surface area contributed by atoms with Gasteiger partial charge in [-0.2, -0.15) is 13.2 Å². The Morgan fingerprint density at radius 2 is 2.00 bits per heavy atom. The maximum Gasteiger partial charge on any atom is 0.432 e. The van der Waals surface area contributed by atoms with E-state index < -0.39 is 22.5 Å². The van der Waals surface area contributed by atoms with Crippen molar-refractivity contribution in [3.63, 3.8) is 0 Å². The van der Waals surface area contributed by atoms with Crippen LogP contribution in [0.2, 0.25) is 5.02 Å². The molecule has 0 saturated carbocycles. The number of aromatic nitrogens is 1. The van der Waals surface area contributed by atoms with Crippen molar-refractivity contribution in [1.82, 2.24) is 4.98 Å². The molecule has 1 aromatic rings. The Bertz CT molecular complexity index is 382. The molecule has 72 valence electrons. The molecule has 1 N–H and O–H groups in total. The van der Waals surface area contributed by atoms with Gasteiger partial charge in [-0.05, 0) is 13.0 Å². The number of hydrogen-bond donors (Lipinski definition) is 1. The van der Waals surface area contributed by atoms with E-state index in [1.807, 2.05) is 0 Å². The summed E-state index contributed by atoms with van der Waals surface area (Å²) in [5, 5.41) is -0.496. The third kappa shape index (κ3) is 2.03. The molecule has 0 aliphatic rings. The lowest BCUT2D eigenvalue weighted by Gasteiger charge is -2.08. The number of aryl methyl sites for hydroxylation is 1. The van der Waals surface area contributed by atoms with E-state index in [2.05, 4.69) is 0 Å². The quantitative estimate of drug-likeness (QED) is 0.702. The Morgan fingerprint density at radius 1 is 1.46 bits per heavy atom. The van der Waals surface area contributed by atoms with Crippen molar-refractivity contribution in [2.24, 2.45) is 0 Å². The summed E-state index contributed by atoms with van der Waals surface area (Å²) in [5.41, 5.74) is -1.83. The monoisotopic (exact) mass is 211 g/mol. The van der Waals surface area contributed by atoms with Gasteiger partial charge in [-0.15, -0.1) is 0 Å². The minimum Gasteiger partial charge on any atom is -0.317 e. The maximum absolute atomic E-state index is 12.1. The minimum absolute atomic E-state index is 0.151. The Labute approximate surface area is 76.3 Å². The zero-order valence-electron chi connectivity index (χ0n) is 6.50. The van der Waals surface area contributed by atoms with Crippen LogP contribution in [0.5, 0.6) is 0 Å². The van der Waals surface area contributed by atoms with E-state index >= 15 is 0 Å². The van der Waals surface area contributed by atoms with Crippen LogP contribution >= 0.6 is 11.6 Å². The molecule has 0 atom stereocenters. The zero-order chi connectivity index (χ0) is 10.2. The van der Waals surface area contributed by atoms with Crippen LogP contribution < -0.4 is 5.56 Å². The normalized spacial score (nSPS) is 11.8.